The molecule has 0 saturated carbocycles. The number of nitrogens with two attached hydrogens (primary N) is 2. The largest absolute Gasteiger partial charge is 0.469 e. The van der Waals surface area contributed by atoms with Crippen molar-refractivity contribution in [1.82, 2.24) is 9.97 Å². The Morgan fingerprint density at radius 2 is 1.91 bits per heavy atom. The maximum Gasteiger partial charge on any atom is 0.305 e. The van der Waals surface area contributed by atoms with Gasteiger partial charge >= 0.3 is 5.97 Å². The fourth-order valence-corrected chi connectivity index (χ4v) is 2.11. The van der Waals surface area contributed by atoms with Gasteiger partial charge < -0.3 is 16.2 Å². The van der Waals surface area contributed by atoms with E-state index in [1.807, 2.05) is 0 Å². The number of non-ortho nitro benzene ring substituents is 1. The maximum absolute atomic E-state index is 11.3. The monoisotopic (exact) mass is 317 g/mol. The van der Waals surface area contributed by atoms with E-state index in [0.29, 0.717) is 16.8 Å². The Morgan fingerprint density at radius 3 is 2.48 bits per heavy atom. The van der Waals surface area contributed by atoms with Crippen LogP contribution in [0.15, 0.2) is 24.3 Å². The lowest BCUT2D eigenvalue weighted by Crippen LogP contribution is -2.09. The summed E-state index contributed by atoms with van der Waals surface area (Å²) in [6.45, 7) is 0. The van der Waals surface area contributed by atoms with Gasteiger partial charge in [0.05, 0.1) is 24.1 Å². The zero-order valence-corrected chi connectivity index (χ0v) is 12.4. The second-order valence-electron chi connectivity index (χ2n) is 4.67. The molecule has 0 bridgehead atoms. The van der Waals surface area contributed by atoms with E-state index in [9.17, 15) is 14.9 Å². The molecule has 120 valence electrons. The van der Waals surface area contributed by atoms with Gasteiger partial charge in [-0.3, -0.25) is 14.9 Å². The summed E-state index contributed by atoms with van der Waals surface area (Å²) >= 11 is 0. The van der Waals surface area contributed by atoms with Crippen LogP contribution < -0.4 is 11.5 Å². The summed E-state index contributed by atoms with van der Waals surface area (Å²) in [7, 11) is 1.29. The number of aryl methyl sites for hydroxylation is 1. The van der Waals surface area contributed by atoms with Crippen molar-refractivity contribution in [1.29, 1.82) is 0 Å². The maximum atomic E-state index is 11.3. The third kappa shape index (κ3) is 3.70. The number of aromatic nitrogens is 2. The first-order valence-corrected chi connectivity index (χ1v) is 6.66. The Balaban J connectivity index is 2.43. The van der Waals surface area contributed by atoms with Crippen molar-refractivity contribution in [2.75, 3.05) is 18.6 Å². The second-order valence-corrected chi connectivity index (χ2v) is 4.67. The van der Waals surface area contributed by atoms with Crippen molar-refractivity contribution >= 4 is 23.4 Å². The standard InChI is InChI=1S/C14H15N5O4/c1-23-11(20)7-6-10-12(13(15)18-14(16)17-10)8-2-4-9(5-3-8)19(21)22/h2-5H,6-7H2,1H3,(H4,15,16,17,18). The SMILES string of the molecule is COC(=O)CCc1nc(N)nc(N)c1-c1ccc([N+](=O)[O-])cc1. The first-order valence-electron chi connectivity index (χ1n) is 6.66. The highest BCUT2D eigenvalue weighted by atomic mass is 16.6. The van der Waals surface area contributed by atoms with Crippen molar-refractivity contribution in [3.05, 3.63) is 40.1 Å². The van der Waals surface area contributed by atoms with Crippen molar-refractivity contribution in [2.24, 2.45) is 0 Å². The fourth-order valence-electron chi connectivity index (χ4n) is 2.11. The molecule has 1 aromatic heterocycles. The molecule has 2 aromatic rings. The topological polar surface area (TPSA) is 147 Å². The highest BCUT2D eigenvalue weighted by molar-refractivity contribution is 5.78. The second kappa shape index (κ2) is 6.69. The molecule has 1 heterocycles. The molecule has 0 aliphatic carbocycles. The van der Waals surface area contributed by atoms with Crippen molar-refractivity contribution in [3.63, 3.8) is 0 Å². The van der Waals surface area contributed by atoms with E-state index in [2.05, 4.69) is 14.7 Å². The van der Waals surface area contributed by atoms with E-state index < -0.39 is 10.9 Å². The van der Waals surface area contributed by atoms with E-state index in [1.54, 1.807) is 12.1 Å². The van der Waals surface area contributed by atoms with Crippen LogP contribution in [-0.2, 0) is 16.0 Å². The predicted octanol–water partition coefficient (Wildman–Crippen LogP) is 1.32. The molecule has 1 aromatic carbocycles. The number of carbonyl (C=O) groups is 1. The molecule has 23 heavy (non-hydrogen) atoms. The van der Waals surface area contributed by atoms with Crippen molar-refractivity contribution in [3.8, 4) is 11.1 Å². The molecule has 0 radical (unpaired) electrons. The van der Waals surface area contributed by atoms with Gasteiger partial charge in [0.2, 0.25) is 5.95 Å². The third-order valence-corrected chi connectivity index (χ3v) is 3.19. The minimum absolute atomic E-state index is 0.00646. The highest BCUT2D eigenvalue weighted by Gasteiger charge is 2.16. The van der Waals surface area contributed by atoms with Crippen LogP contribution in [0.3, 0.4) is 0 Å². The van der Waals surface area contributed by atoms with E-state index in [4.69, 9.17) is 11.5 Å². The Kier molecular flexibility index (Phi) is 4.69. The predicted molar refractivity (Wildman–Crippen MR) is 83.3 cm³/mol. The summed E-state index contributed by atoms with van der Waals surface area (Å²) in [5.74, 6) is -0.255. The summed E-state index contributed by atoms with van der Waals surface area (Å²) in [5, 5.41) is 10.7. The first-order chi connectivity index (χ1) is 10.9. The lowest BCUT2D eigenvalue weighted by Gasteiger charge is -2.11. The smallest absolute Gasteiger partial charge is 0.305 e. The molecule has 0 fully saturated rings. The number of carbonyl (C=O) groups excluding carboxylic acids is 1. The Labute approximate surface area is 131 Å². The van der Waals surface area contributed by atoms with E-state index in [-0.39, 0.29) is 30.3 Å². The van der Waals surface area contributed by atoms with E-state index >= 15 is 0 Å². The lowest BCUT2D eigenvalue weighted by molar-refractivity contribution is -0.384. The van der Waals surface area contributed by atoms with Crippen LogP contribution in [-0.4, -0.2) is 28.0 Å². The van der Waals surface area contributed by atoms with Crippen LogP contribution in [0, 0.1) is 10.1 Å². The van der Waals surface area contributed by atoms with Gasteiger partial charge in [-0.15, -0.1) is 0 Å². The van der Waals surface area contributed by atoms with Crippen LogP contribution in [0.1, 0.15) is 12.1 Å². The molecular weight excluding hydrogens is 302 g/mol. The van der Waals surface area contributed by atoms with Crippen LogP contribution in [0.4, 0.5) is 17.5 Å². The normalized spacial score (nSPS) is 10.3. The number of rotatable bonds is 5. The van der Waals surface area contributed by atoms with Gasteiger partial charge in [0.15, 0.2) is 0 Å². The number of ether oxygens (including phenoxy) is 1. The quantitative estimate of drug-likeness (QED) is 0.476. The molecule has 0 unspecified atom stereocenters. The number of nitro benzene ring substituents is 1. The van der Waals surface area contributed by atoms with Gasteiger partial charge in [0.25, 0.3) is 5.69 Å². The number of nitrogen functional groups attached to an aromatic ring is 2. The number of hydrogen-bond acceptors (Lipinski definition) is 8. The van der Waals surface area contributed by atoms with Crippen LogP contribution in [0.5, 0.6) is 0 Å². The Bertz CT molecular complexity index is 746. The van der Waals surface area contributed by atoms with Gasteiger partial charge in [0, 0.05) is 24.1 Å². The molecule has 9 nitrogen and oxygen atoms in total. The Hall–Kier alpha value is -3.23. The molecule has 2 rings (SSSR count). The fraction of sp³-hybridized carbons (Fsp3) is 0.214. The van der Waals surface area contributed by atoms with Gasteiger partial charge in [-0.05, 0) is 17.7 Å². The van der Waals surface area contributed by atoms with Crippen LogP contribution in [0.25, 0.3) is 11.1 Å². The number of hydrogen-bond donors (Lipinski definition) is 2. The molecule has 0 atom stereocenters. The van der Waals surface area contributed by atoms with Crippen LogP contribution in [0.2, 0.25) is 0 Å². The van der Waals surface area contributed by atoms with Crippen LogP contribution >= 0.6 is 0 Å². The molecule has 0 spiro atoms. The molecule has 9 heteroatoms. The summed E-state index contributed by atoms with van der Waals surface area (Å²) in [6.07, 6.45) is 0.363. The molecule has 0 aliphatic rings. The molecule has 0 aliphatic heterocycles. The highest BCUT2D eigenvalue weighted by Crippen LogP contribution is 2.30. The number of esters is 1. The minimum atomic E-state index is -0.495. The molecular formula is C14H15N5O4. The summed E-state index contributed by atoms with van der Waals surface area (Å²) < 4.78 is 4.60. The number of anilines is 2. The third-order valence-electron chi connectivity index (χ3n) is 3.19. The molecule has 0 saturated heterocycles. The summed E-state index contributed by atoms with van der Waals surface area (Å²) in [5.41, 5.74) is 13.1. The van der Waals surface area contributed by atoms with Gasteiger partial charge in [-0.1, -0.05) is 0 Å². The Morgan fingerprint density at radius 1 is 1.26 bits per heavy atom. The zero-order valence-electron chi connectivity index (χ0n) is 12.4. The van der Waals surface area contributed by atoms with Crippen molar-refractivity contribution in [2.45, 2.75) is 12.8 Å². The van der Waals surface area contributed by atoms with Gasteiger partial charge in [0.1, 0.15) is 5.82 Å². The number of benzene rings is 1. The molecule has 0 amide bonds. The average molecular weight is 317 g/mol. The van der Waals surface area contributed by atoms with Gasteiger partial charge in [-0.25, -0.2) is 4.98 Å². The van der Waals surface area contributed by atoms with E-state index in [0.717, 1.165) is 0 Å². The first kappa shape index (κ1) is 16.1. The number of nitro groups is 1. The number of nitrogens with zero attached hydrogens (tertiary/aromatic N) is 3. The average Bonchev–Trinajstić information content (AvgIpc) is 2.52. The van der Waals surface area contributed by atoms with E-state index in [1.165, 1.54) is 19.2 Å². The number of methoxy groups -OCH3 is 1. The molecule has 4 N–H and O–H groups in total. The summed E-state index contributed by atoms with van der Waals surface area (Å²) in [6, 6.07) is 5.81. The minimum Gasteiger partial charge on any atom is -0.469 e. The van der Waals surface area contributed by atoms with Crippen molar-refractivity contribution < 1.29 is 14.5 Å². The summed E-state index contributed by atoms with van der Waals surface area (Å²) in [4.78, 5) is 29.6. The zero-order chi connectivity index (χ0) is 17.0. The lowest BCUT2D eigenvalue weighted by atomic mass is 10.0. The van der Waals surface area contributed by atoms with Gasteiger partial charge in [-0.2, -0.15) is 4.98 Å².